The van der Waals surface area contributed by atoms with Gasteiger partial charge in [0.1, 0.15) is 0 Å². The van der Waals surface area contributed by atoms with Crippen molar-refractivity contribution in [3.8, 4) is 0 Å². The number of hydrogen-bond acceptors (Lipinski definition) is 3. The molecule has 0 bridgehead atoms. The van der Waals surface area contributed by atoms with E-state index in [2.05, 4.69) is 46.1 Å². The van der Waals surface area contributed by atoms with Gasteiger partial charge in [-0.3, -0.25) is 4.90 Å². The van der Waals surface area contributed by atoms with E-state index in [1.54, 1.807) is 24.3 Å². The van der Waals surface area contributed by atoms with Crippen LogP contribution in [0.15, 0.2) is 29.2 Å². The van der Waals surface area contributed by atoms with Crippen molar-refractivity contribution in [2.24, 2.45) is 5.92 Å². The monoisotopic (exact) mass is 408 g/mol. The fourth-order valence-electron chi connectivity index (χ4n) is 2.72. The standard InChI is InChI=1S/C14H21IN2O2S/c1-11-9-12(2)17(10-11)8-7-16-20(18,19)14-5-3-13(15)4-6-14/h3-6,11-12,16H,7-10H2,1-2H3. The van der Waals surface area contributed by atoms with Crippen LogP contribution in [-0.2, 0) is 10.0 Å². The van der Waals surface area contributed by atoms with Gasteiger partial charge in [0, 0.05) is 29.2 Å². The highest BCUT2D eigenvalue weighted by molar-refractivity contribution is 14.1. The fraction of sp³-hybridized carbons (Fsp3) is 0.571. The number of rotatable bonds is 5. The summed E-state index contributed by atoms with van der Waals surface area (Å²) in [6.45, 7) is 6.75. The lowest BCUT2D eigenvalue weighted by atomic mass is 10.1. The second-order valence-corrected chi connectivity index (χ2v) is 8.55. The zero-order chi connectivity index (χ0) is 14.8. The lowest BCUT2D eigenvalue weighted by Crippen LogP contribution is -2.36. The first-order valence-electron chi connectivity index (χ1n) is 6.88. The van der Waals surface area contributed by atoms with E-state index in [-0.39, 0.29) is 0 Å². The predicted molar refractivity (Wildman–Crippen MR) is 89.2 cm³/mol. The maximum atomic E-state index is 12.1. The van der Waals surface area contributed by atoms with Crippen molar-refractivity contribution in [3.05, 3.63) is 27.8 Å². The Labute approximate surface area is 135 Å². The number of likely N-dealkylation sites (tertiary alicyclic amines) is 1. The average molecular weight is 408 g/mol. The molecule has 1 aromatic rings. The molecule has 6 heteroatoms. The summed E-state index contributed by atoms with van der Waals surface area (Å²) in [6.07, 6.45) is 1.20. The topological polar surface area (TPSA) is 49.4 Å². The number of nitrogens with one attached hydrogen (secondary N) is 1. The summed E-state index contributed by atoms with van der Waals surface area (Å²) < 4.78 is 28.0. The Morgan fingerprint density at radius 3 is 2.50 bits per heavy atom. The van der Waals surface area contributed by atoms with Gasteiger partial charge >= 0.3 is 0 Å². The zero-order valence-electron chi connectivity index (χ0n) is 11.8. The van der Waals surface area contributed by atoms with Crippen molar-refractivity contribution < 1.29 is 8.42 Å². The predicted octanol–water partition coefficient (Wildman–Crippen LogP) is 2.30. The van der Waals surface area contributed by atoms with E-state index in [1.165, 1.54) is 6.42 Å². The van der Waals surface area contributed by atoms with Gasteiger partial charge in [-0.05, 0) is 66.1 Å². The number of halogens is 1. The molecule has 1 N–H and O–H groups in total. The van der Waals surface area contributed by atoms with Crippen LogP contribution < -0.4 is 4.72 Å². The molecular formula is C14H21IN2O2S. The van der Waals surface area contributed by atoms with Crippen LogP contribution in [0.1, 0.15) is 20.3 Å². The Bertz CT molecular complexity index is 545. The summed E-state index contributed by atoms with van der Waals surface area (Å²) in [5.74, 6) is 0.706. The van der Waals surface area contributed by atoms with E-state index in [0.717, 1.165) is 16.7 Å². The summed E-state index contributed by atoms with van der Waals surface area (Å²) in [5.41, 5.74) is 0. The molecule has 20 heavy (non-hydrogen) atoms. The van der Waals surface area contributed by atoms with Crippen molar-refractivity contribution >= 4 is 32.6 Å². The molecule has 1 aromatic carbocycles. The van der Waals surface area contributed by atoms with Crippen LogP contribution in [0.2, 0.25) is 0 Å². The van der Waals surface area contributed by atoms with Gasteiger partial charge in [-0.15, -0.1) is 0 Å². The summed E-state index contributed by atoms with van der Waals surface area (Å²) in [5, 5.41) is 0. The largest absolute Gasteiger partial charge is 0.299 e. The molecule has 1 saturated heterocycles. The molecule has 1 fully saturated rings. The molecule has 4 nitrogen and oxygen atoms in total. The van der Waals surface area contributed by atoms with Crippen LogP contribution >= 0.6 is 22.6 Å². The smallest absolute Gasteiger partial charge is 0.240 e. The summed E-state index contributed by atoms with van der Waals surface area (Å²) >= 11 is 2.16. The molecule has 112 valence electrons. The Kier molecular flexibility index (Phi) is 5.44. The third kappa shape index (κ3) is 4.16. The van der Waals surface area contributed by atoms with E-state index in [4.69, 9.17) is 0 Å². The summed E-state index contributed by atoms with van der Waals surface area (Å²) in [7, 11) is -3.38. The third-order valence-electron chi connectivity index (χ3n) is 3.73. The van der Waals surface area contributed by atoms with Crippen LogP contribution in [0.4, 0.5) is 0 Å². The molecule has 0 aliphatic carbocycles. The Hall–Kier alpha value is -0.180. The number of sulfonamides is 1. The average Bonchev–Trinajstić information content (AvgIpc) is 2.68. The van der Waals surface area contributed by atoms with Gasteiger partial charge in [0.05, 0.1) is 4.90 Å². The SMILES string of the molecule is CC1CC(C)N(CCNS(=O)(=O)c2ccc(I)cc2)C1. The van der Waals surface area contributed by atoms with Gasteiger partial charge in [-0.25, -0.2) is 13.1 Å². The molecule has 1 aliphatic rings. The second-order valence-electron chi connectivity index (χ2n) is 5.54. The summed E-state index contributed by atoms with van der Waals surface area (Å²) in [4.78, 5) is 2.68. The lowest BCUT2D eigenvalue weighted by molar-refractivity contribution is 0.270. The number of nitrogens with zero attached hydrogens (tertiary/aromatic N) is 1. The van der Waals surface area contributed by atoms with Gasteiger partial charge in [0.15, 0.2) is 0 Å². The third-order valence-corrected chi connectivity index (χ3v) is 5.92. The highest BCUT2D eigenvalue weighted by atomic mass is 127. The quantitative estimate of drug-likeness (QED) is 0.761. The van der Waals surface area contributed by atoms with Crippen LogP contribution in [-0.4, -0.2) is 39.0 Å². The van der Waals surface area contributed by atoms with Crippen molar-refractivity contribution in [2.45, 2.75) is 31.2 Å². The molecule has 0 radical (unpaired) electrons. The molecule has 2 unspecified atom stereocenters. The molecule has 0 saturated carbocycles. The maximum absolute atomic E-state index is 12.1. The molecule has 1 aliphatic heterocycles. The molecular weight excluding hydrogens is 387 g/mol. The van der Waals surface area contributed by atoms with Crippen LogP contribution in [0.25, 0.3) is 0 Å². The van der Waals surface area contributed by atoms with Crippen molar-refractivity contribution in [1.29, 1.82) is 0 Å². The first-order valence-corrected chi connectivity index (χ1v) is 9.44. The number of benzene rings is 1. The first kappa shape index (κ1) is 16.2. The minimum Gasteiger partial charge on any atom is -0.299 e. The molecule has 0 amide bonds. The van der Waals surface area contributed by atoms with Crippen LogP contribution in [0.5, 0.6) is 0 Å². The number of hydrogen-bond donors (Lipinski definition) is 1. The van der Waals surface area contributed by atoms with E-state index in [9.17, 15) is 8.42 Å². The molecule has 2 atom stereocenters. The molecule has 2 rings (SSSR count). The molecule has 0 aromatic heterocycles. The maximum Gasteiger partial charge on any atom is 0.240 e. The van der Waals surface area contributed by atoms with Crippen LogP contribution in [0, 0.1) is 9.49 Å². The van der Waals surface area contributed by atoms with E-state index >= 15 is 0 Å². The Morgan fingerprint density at radius 1 is 1.30 bits per heavy atom. The van der Waals surface area contributed by atoms with Gasteiger partial charge in [-0.2, -0.15) is 0 Å². The van der Waals surface area contributed by atoms with Gasteiger partial charge in [0.2, 0.25) is 10.0 Å². The van der Waals surface area contributed by atoms with Gasteiger partial charge < -0.3 is 0 Å². The molecule has 0 spiro atoms. The minimum absolute atomic E-state index is 0.334. The van der Waals surface area contributed by atoms with Gasteiger partial charge in [-0.1, -0.05) is 6.92 Å². The highest BCUT2D eigenvalue weighted by Crippen LogP contribution is 2.21. The van der Waals surface area contributed by atoms with Crippen molar-refractivity contribution in [2.75, 3.05) is 19.6 Å². The van der Waals surface area contributed by atoms with Gasteiger partial charge in [0.25, 0.3) is 0 Å². The minimum atomic E-state index is -3.38. The second kappa shape index (κ2) is 6.72. The Balaban J connectivity index is 1.88. The van der Waals surface area contributed by atoms with E-state index in [0.29, 0.717) is 23.4 Å². The fourth-order valence-corrected chi connectivity index (χ4v) is 4.10. The van der Waals surface area contributed by atoms with Crippen molar-refractivity contribution in [3.63, 3.8) is 0 Å². The molecule has 1 heterocycles. The lowest BCUT2D eigenvalue weighted by Gasteiger charge is -2.20. The normalized spacial score (nSPS) is 24.1. The Morgan fingerprint density at radius 2 is 1.95 bits per heavy atom. The van der Waals surface area contributed by atoms with E-state index in [1.807, 2.05) is 0 Å². The van der Waals surface area contributed by atoms with Crippen LogP contribution in [0.3, 0.4) is 0 Å². The zero-order valence-corrected chi connectivity index (χ0v) is 14.8. The van der Waals surface area contributed by atoms with Crippen molar-refractivity contribution in [1.82, 2.24) is 9.62 Å². The first-order chi connectivity index (χ1) is 9.38. The highest BCUT2D eigenvalue weighted by Gasteiger charge is 2.25. The van der Waals surface area contributed by atoms with E-state index < -0.39 is 10.0 Å². The summed E-state index contributed by atoms with van der Waals surface area (Å²) in [6, 6.07) is 7.45.